The van der Waals surface area contributed by atoms with Crippen LogP contribution in [0.3, 0.4) is 0 Å². The number of aliphatic hydroxyl groups is 11. The first-order chi connectivity index (χ1) is 28.8. The van der Waals surface area contributed by atoms with Crippen LogP contribution < -0.4 is 5.32 Å². The summed E-state index contributed by atoms with van der Waals surface area (Å²) < 4.78 is 33.9. The van der Waals surface area contributed by atoms with Crippen LogP contribution in [0.5, 0.6) is 0 Å². The lowest BCUT2D eigenvalue weighted by atomic mass is 9.96. The standard InChI is InChI=1S/C41H77NO18/c1-3-5-7-9-11-13-15-17-19-29(47)42-24(25(46)18-16-14-12-10-8-6-4-2)23-55-39-35(53)32(50)37(27(21-44)57-39)60-41-36(54)33(51)38(28(22-45)58-41)59-40-34(52)31(49)30(48)26(20-43)56-40/h24-28,30-41,43-46,48-54H,3-23H2,1-2H3,(H,42,47). The SMILES string of the molecule is CCCCCCCCCCC(=O)NC(COC1OC(CO)C(OC2OC(CO)C(OC3OC(CO)C(O)C(O)C3O)C(O)C2O)C(O)C1O)C(O)CCCCCCCCC. The van der Waals surface area contributed by atoms with Gasteiger partial charge in [0.25, 0.3) is 0 Å². The lowest BCUT2D eigenvalue weighted by Gasteiger charge is -2.48. The number of nitrogens with one attached hydrogen (secondary N) is 1. The molecule has 17 unspecified atom stereocenters. The predicted octanol–water partition coefficient (Wildman–Crippen LogP) is -1.03. The molecule has 0 aromatic rings. The molecule has 1 amide bonds. The van der Waals surface area contributed by atoms with Gasteiger partial charge in [0.05, 0.1) is 38.6 Å². The van der Waals surface area contributed by atoms with Crippen LogP contribution in [0.1, 0.15) is 123 Å². The largest absolute Gasteiger partial charge is 0.394 e. The van der Waals surface area contributed by atoms with Crippen LogP contribution in [0.2, 0.25) is 0 Å². The number of hydrogen-bond donors (Lipinski definition) is 12. The Hall–Kier alpha value is -1.21. The third kappa shape index (κ3) is 16.1. The first kappa shape index (κ1) is 53.1. The molecule has 0 aliphatic carbocycles. The molecule has 354 valence electrons. The zero-order valence-electron chi connectivity index (χ0n) is 35.4. The van der Waals surface area contributed by atoms with Crippen LogP contribution in [-0.2, 0) is 33.2 Å². The summed E-state index contributed by atoms with van der Waals surface area (Å²) in [5.74, 6) is -0.254. The van der Waals surface area contributed by atoms with Crippen LogP contribution in [0.4, 0.5) is 0 Å². The van der Waals surface area contributed by atoms with Gasteiger partial charge in [-0.25, -0.2) is 0 Å². The molecule has 3 aliphatic rings. The highest BCUT2D eigenvalue weighted by molar-refractivity contribution is 5.76. The van der Waals surface area contributed by atoms with Gasteiger partial charge in [-0.3, -0.25) is 4.79 Å². The molecule has 3 rings (SSSR count). The maximum absolute atomic E-state index is 13.0. The van der Waals surface area contributed by atoms with Crippen LogP contribution in [0, 0.1) is 0 Å². The highest BCUT2D eigenvalue weighted by Crippen LogP contribution is 2.33. The van der Waals surface area contributed by atoms with E-state index in [1.165, 1.54) is 32.1 Å². The minimum absolute atomic E-state index is 0.254. The minimum Gasteiger partial charge on any atom is -0.394 e. The molecule has 0 radical (unpaired) electrons. The minimum atomic E-state index is -1.96. The van der Waals surface area contributed by atoms with Gasteiger partial charge in [0, 0.05) is 6.42 Å². The van der Waals surface area contributed by atoms with Crippen LogP contribution >= 0.6 is 0 Å². The van der Waals surface area contributed by atoms with Crippen molar-refractivity contribution in [2.24, 2.45) is 0 Å². The van der Waals surface area contributed by atoms with Crippen LogP contribution in [0.25, 0.3) is 0 Å². The lowest BCUT2D eigenvalue weighted by molar-refractivity contribution is -0.379. The van der Waals surface area contributed by atoms with E-state index in [4.69, 9.17) is 28.4 Å². The summed E-state index contributed by atoms with van der Waals surface area (Å²) in [4.78, 5) is 13.0. The van der Waals surface area contributed by atoms with Gasteiger partial charge in [-0.1, -0.05) is 104 Å². The summed E-state index contributed by atoms with van der Waals surface area (Å²) in [6.45, 7) is 1.63. The van der Waals surface area contributed by atoms with Crippen molar-refractivity contribution in [1.29, 1.82) is 0 Å². The number of amides is 1. The second kappa shape index (κ2) is 28.6. The normalized spacial score (nSPS) is 35.9. The van der Waals surface area contributed by atoms with Crippen molar-refractivity contribution in [3.63, 3.8) is 0 Å². The fraction of sp³-hybridized carbons (Fsp3) is 0.976. The maximum atomic E-state index is 13.0. The summed E-state index contributed by atoms with van der Waals surface area (Å²) in [6, 6.07) is -0.873. The van der Waals surface area contributed by atoms with Crippen molar-refractivity contribution in [3.05, 3.63) is 0 Å². The molecule has 19 nitrogen and oxygen atoms in total. The van der Waals surface area contributed by atoms with Crippen molar-refractivity contribution < 1.29 is 89.4 Å². The van der Waals surface area contributed by atoms with E-state index in [0.717, 1.165) is 57.8 Å². The maximum Gasteiger partial charge on any atom is 0.220 e. The van der Waals surface area contributed by atoms with Gasteiger partial charge in [-0.2, -0.15) is 0 Å². The molecule has 0 aromatic carbocycles. The van der Waals surface area contributed by atoms with Crippen molar-refractivity contribution in [2.75, 3.05) is 26.4 Å². The molecular weight excluding hydrogens is 794 g/mol. The highest BCUT2D eigenvalue weighted by atomic mass is 16.8. The van der Waals surface area contributed by atoms with E-state index in [1.54, 1.807) is 0 Å². The molecular formula is C41H77NO18. The van der Waals surface area contributed by atoms with Gasteiger partial charge < -0.3 is 89.9 Å². The van der Waals surface area contributed by atoms with Crippen LogP contribution in [-0.4, -0.2) is 193 Å². The summed E-state index contributed by atoms with van der Waals surface area (Å²) in [5.41, 5.74) is 0. The van der Waals surface area contributed by atoms with Crippen molar-refractivity contribution in [3.8, 4) is 0 Å². The summed E-state index contributed by atoms with van der Waals surface area (Å²) in [6.07, 6.45) is -9.97. The Morgan fingerprint density at radius 3 is 1.45 bits per heavy atom. The Morgan fingerprint density at radius 2 is 0.950 bits per heavy atom. The number of aliphatic hydroxyl groups excluding tert-OH is 11. The van der Waals surface area contributed by atoms with E-state index in [0.29, 0.717) is 12.8 Å². The summed E-state index contributed by atoms with van der Waals surface area (Å²) >= 11 is 0. The Morgan fingerprint density at radius 1 is 0.533 bits per heavy atom. The van der Waals surface area contributed by atoms with Crippen molar-refractivity contribution in [2.45, 2.75) is 227 Å². The molecule has 0 aromatic heterocycles. The van der Waals surface area contributed by atoms with Gasteiger partial charge in [0.15, 0.2) is 18.9 Å². The number of unbranched alkanes of at least 4 members (excludes halogenated alkanes) is 13. The predicted molar refractivity (Wildman–Crippen MR) is 213 cm³/mol. The average molecular weight is 872 g/mol. The number of ether oxygens (including phenoxy) is 6. The van der Waals surface area contributed by atoms with E-state index < -0.39 is 124 Å². The second-order valence-corrected chi connectivity index (χ2v) is 16.5. The molecule has 19 heteroatoms. The molecule has 60 heavy (non-hydrogen) atoms. The molecule has 3 saturated heterocycles. The smallest absolute Gasteiger partial charge is 0.220 e. The molecule has 0 bridgehead atoms. The third-order valence-electron chi connectivity index (χ3n) is 11.7. The Labute approximate surface area is 353 Å². The summed E-state index contributed by atoms with van der Waals surface area (Å²) in [7, 11) is 0. The summed E-state index contributed by atoms with van der Waals surface area (Å²) in [5, 5.41) is 119. The number of carbonyl (C=O) groups excluding carboxylic acids is 1. The number of carbonyl (C=O) groups is 1. The van der Waals surface area contributed by atoms with Crippen molar-refractivity contribution in [1.82, 2.24) is 5.32 Å². The molecule has 0 spiro atoms. The molecule has 0 saturated carbocycles. The van der Waals surface area contributed by atoms with E-state index >= 15 is 0 Å². The second-order valence-electron chi connectivity index (χ2n) is 16.5. The van der Waals surface area contributed by atoms with E-state index in [1.807, 2.05) is 0 Å². The average Bonchev–Trinajstić information content (AvgIpc) is 3.24. The monoisotopic (exact) mass is 872 g/mol. The first-order valence-electron chi connectivity index (χ1n) is 22.3. The van der Waals surface area contributed by atoms with Gasteiger partial charge in [-0.05, 0) is 12.8 Å². The molecule has 12 N–H and O–H groups in total. The Balaban J connectivity index is 1.60. The van der Waals surface area contributed by atoms with E-state index in [9.17, 15) is 61.0 Å². The highest BCUT2D eigenvalue weighted by Gasteiger charge is 2.53. The van der Waals surface area contributed by atoms with Gasteiger partial charge in [0.1, 0.15) is 73.2 Å². The molecule has 3 heterocycles. The molecule has 3 aliphatic heterocycles. The van der Waals surface area contributed by atoms with E-state index in [-0.39, 0.29) is 18.9 Å². The zero-order chi connectivity index (χ0) is 44.2. The zero-order valence-corrected chi connectivity index (χ0v) is 35.4. The Bertz CT molecular complexity index is 1140. The molecule has 17 atom stereocenters. The van der Waals surface area contributed by atoms with Gasteiger partial charge in [0.2, 0.25) is 5.91 Å². The lowest BCUT2D eigenvalue weighted by Crippen LogP contribution is -2.66. The number of hydrogen-bond acceptors (Lipinski definition) is 18. The number of rotatable bonds is 29. The van der Waals surface area contributed by atoms with Gasteiger partial charge >= 0.3 is 0 Å². The first-order valence-corrected chi connectivity index (χ1v) is 22.3. The fourth-order valence-electron chi connectivity index (χ4n) is 7.84. The topological polar surface area (TPSA) is 307 Å². The molecule has 3 fully saturated rings. The van der Waals surface area contributed by atoms with Crippen LogP contribution in [0.15, 0.2) is 0 Å². The van der Waals surface area contributed by atoms with Gasteiger partial charge in [-0.15, -0.1) is 0 Å². The fourth-order valence-corrected chi connectivity index (χ4v) is 7.84. The quantitative estimate of drug-likeness (QED) is 0.0400. The Kier molecular flexibility index (Phi) is 25.3. The third-order valence-corrected chi connectivity index (χ3v) is 11.7. The van der Waals surface area contributed by atoms with Crippen molar-refractivity contribution >= 4 is 5.91 Å². The van der Waals surface area contributed by atoms with E-state index in [2.05, 4.69) is 19.2 Å².